The molecule has 2 aromatic carbocycles. The SMILES string of the molecule is COc1cccc(NC(=O)Nc2c(C)nn(COc3cccc(F)c3)c2C)c1. The number of anilines is 2. The Hall–Kier alpha value is -3.55. The van der Waals surface area contributed by atoms with Crippen molar-refractivity contribution in [3.8, 4) is 11.5 Å². The van der Waals surface area contributed by atoms with Crippen LogP contribution in [0, 0.1) is 19.7 Å². The van der Waals surface area contributed by atoms with Crippen LogP contribution in [0.1, 0.15) is 11.4 Å². The van der Waals surface area contributed by atoms with E-state index >= 15 is 0 Å². The summed E-state index contributed by atoms with van der Waals surface area (Å²) < 4.78 is 25.6. The minimum atomic E-state index is -0.398. The van der Waals surface area contributed by atoms with E-state index in [0.29, 0.717) is 28.6 Å². The van der Waals surface area contributed by atoms with Gasteiger partial charge in [0.2, 0.25) is 0 Å². The lowest BCUT2D eigenvalue weighted by Gasteiger charge is -2.10. The maximum atomic E-state index is 13.2. The Morgan fingerprint density at radius 2 is 1.86 bits per heavy atom. The van der Waals surface area contributed by atoms with E-state index < -0.39 is 6.03 Å². The third-order valence-corrected chi connectivity index (χ3v) is 4.10. The molecule has 0 fully saturated rings. The average molecular weight is 384 g/mol. The highest BCUT2D eigenvalue weighted by molar-refractivity contribution is 6.00. The number of methoxy groups -OCH3 is 1. The van der Waals surface area contributed by atoms with Gasteiger partial charge in [-0.3, -0.25) is 0 Å². The largest absolute Gasteiger partial charge is 0.497 e. The molecule has 0 spiro atoms. The molecular weight excluding hydrogens is 363 g/mol. The van der Waals surface area contributed by atoms with E-state index in [-0.39, 0.29) is 12.5 Å². The van der Waals surface area contributed by atoms with Crippen molar-refractivity contribution in [2.75, 3.05) is 17.7 Å². The first-order chi connectivity index (χ1) is 13.5. The van der Waals surface area contributed by atoms with Crippen LogP contribution in [0.5, 0.6) is 11.5 Å². The van der Waals surface area contributed by atoms with E-state index in [1.54, 1.807) is 55.1 Å². The molecular formula is C20H21FN4O3. The van der Waals surface area contributed by atoms with Gasteiger partial charge in [0.1, 0.15) is 17.3 Å². The molecule has 0 atom stereocenters. The van der Waals surface area contributed by atoms with Crippen molar-refractivity contribution >= 4 is 17.4 Å². The summed E-state index contributed by atoms with van der Waals surface area (Å²) in [6, 6.07) is 12.5. The van der Waals surface area contributed by atoms with Crippen LogP contribution in [0.2, 0.25) is 0 Å². The van der Waals surface area contributed by atoms with E-state index in [9.17, 15) is 9.18 Å². The minimum Gasteiger partial charge on any atom is -0.497 e. The molecule has 0 bridgehead atoms. The van der Waals surface area contributed by atoms with Crippen molar-refractivity contribution in [1.82, 2.24) is 9.78 Å². The topological polar surface area (TPSA) is 77.4 Å². The number of rotatable bonds is 6. The van der Waals surface area contributed by atoms with Gasteiger partial charge in [-0.25, -0.2) is 13.9 Å². The number of halogens is 1. The number of hydrogen-bond donors (Lipinski definition) is 2. The molecule has 8 heteroatoms. The Balaban J connectivity index is 1.66. The number of carbonyl (C=O) groups excluding carboxylic acids is 1. The summed E-state index contributed by atoms with van der Waals surface area (Å²) in [7, 11) is 1.56. The standard InChI is InChI=1S/C20H21FN4O3/c1-13-19(23-20(26)22-16-7-5-8-17(11-16)27-3)14(2)25(24-13)12-28-18-9-4-6-15(21)10-18/h4-11H,12H2,1-3H3,(H2,22,23,26). The Labute approximate surface area is 162 Å². The zero-order valence-electron chi connectivity index (χ0n) is 15.8. The van der Waals surface area contributed by atoms with Gasteiger partial charge in [-0.05, 0) is 38.1 Å². The molecule has 28 heavy (non-hydrogen) atoms. The average Bonchev–Trinajstić information content (AvgIpc) is 2.94. The molecule has 0 aliphatic carbocycles. The molecule has 0 unspecified atom stereocenters. The Morgan fingerprint density at radius 3 is 2.61 bits per heavy atom. The maximum Gasteiger partial charge on any atom is 0.323 e. The summed E-state index contributed by atoms with van der Waals surface area (Å²) in [5.41, 5.74) is 2.55. The minimum absolute atomic E-state index is 0.0926. The molecule has 7 nitrogen and oxygen atoms in total. The normalized spacial score (nSPS) is 10.4. The second kappa shape index (κ2) is 8.43. The van der Waals surface area contributed by atoms with Crippen molar-refractivity contribution < 1.29 is 18.7 Å². The summed E-state index contributed by atoms with van der Waals surface area (Å²) in [5.74, 6) is 0.674. The molecule has 0 saturated heterocycles. The van der Waals surface area contributed by atoms with Crippen LogP contribution in [-0.4, -0.2) is 22.9 Å². The number of amides is 2. The van der Waals surface area contributed by atoms with Crippen molar-refractivity contribution in [3.63, 3.8) is 0 Å². The van der Waals surface area contributed by atoms with Gasteiger partial charge in [-0.1, -0.05) is 12.1 Å². The highest BCUT2D eigenvalue weighted by Crippen LogP contribution is 2.22. The van der Waals surface area contributed by atoms with Gasteiger partial charge in [0.25, 0.3) is 0 Å². The molecule has 1 aromatic heterocycles. The first kappa shape index (κ1) is 19.2. The van der Waals surface area contributed by atoms with Gasteiger partial charge in [0, 0.05) is 17.8 Å². The van der Waals surface area contributed by atoms with Crippen LogP contribution in [0.15, 0.2) is 48.5 Å². The summed E-state index contributed by atoms with van der Waals surface area (Å²) >= 11 is 0. The van der Waals surface area contributed by atoms with Crippen molar-refractivity contribution in [1.29, 1.82) is 0 Å². The Morgan fingerprint density at radius 1 is 1.11 bits per heavy atom. The van der Waals surface area contributed by atoms with Gasteiger partial charge < -0.3 is 20.1 Å². The van der Waals surface area contributed by atoms with Crippen LogP contribution in [-0.2, 0) is 6.73 Å². The number of aryl methyl sites for hydroxylation is 1. The lowest BCUT2D eigenvalue weighted by atomic mass is 10.3. The van der Waals surface area contributed by atoms with Crippen LogP contribution < -0.4 is 20.1 Å². The summed E-state index contributed by atoms with van der Waals surface area (Å²) in [5, 5.41) is 9.93. The number of carbonyl (C=O) groups is 1. The van der Waals surface area contributed by atoms with E-state index in [1.807, 2.05) is 6.92 Å². The second-order valence-electron chi connectivity index (χ2n) is 6.09. The molecule has 0 saturated carbocycles. The number of nitrogens with zero attached hydrogens (tertiary/aromatic N) is 2. The molecule has 146 valence electrons. The number of nitrogens with one attached hydrogen (secondary N) is 2. The van der Waals surface area contributed by atoms with E-state index in [0.717, 1.165) is 5.69 Å². The number of hydrogen-bond acceptors (Lipinski definition) is 4. The molecule has 1 heterocycles. The molecule has 0 aliphatic heterocycles. The van der Waals surface area contributed by atoms with Crippen LogP contribution >= 0.6 is 0 Å². The maximum absolute atomic E-state index is 13.2. The van der Waals surface area contributed by atoms with Gasteiger partial charge in [0.15, 0.2) is 6.73 Å². The quantitative estimate of drug-likeness (QED) is 0.663. The summed E-state index contributed by atoms with van der Waals surface area (Å²) in [6.07, 6.45) is 0. The molecule has 0 aliphatic rings. The third-order valence-electron chi connectivity index (χ3n) is 4.10. The molecule has 3 aromatic rings. The van der Waals surface area contributed by atoms with Gasteiger partial charge >= 0.3 is 6.03 Å². The van der Waals surface area contributed by atoms with Crippen molar-refractivity contribution in [3.05, 3.63) is 65.7 Å². The zero-order valence-corrected chi connectivity index (χ0v) is 15.8. The first-order valence-electron chi connectivity index (χ1n) is 8.60. The van der Waals surface area contributed by atoms with Crippen LogP contribution in [0.25, 0.3) is 0 Å². The fraction of sp³-hybridized carbons (Fsp3) is 0.200. The fourth-order valence-electron chi connectivity index (χ4n) is 2.67. The van der Waals surface area contributed by atoms with Crippen molar-refractivity contribution in [2.24, 2.45) is 0 Å². The lowest BCUT2D eigenvalue weighted by molar-refractivity contribution is 0.217. The predicted molar refractivity (Wildman–Crippen MR) is 104 cm³/mol. The number of ether oxygens (including phenoxy) is 2. The van der Waals surface area contributed by atoms with E-state index in [2.05, 4.69) is 15.7 Å². The monoisotopic (exact) mass is 384 g/mol. The van der Waals surface area contributed by atoms with Gasteiger partial charge in [-0.15, -0.1) is 0 Å². The van der Waals surface area contributed by atoms with Gasteiger partial charge in [-0.2, -0.15) is 5.10 Å². The fourth-order valence-corrected chi connectivity index (χ4v) is 2.67. The smallest absolute Gasteiger partial charge is 0.323 e. The van der Waals surface area contributed by atoms with Crippen LogP contribution in [0.3, 0.4) is 0 Å². The predicted octanol–water partition coefficient (Wildman–Crippen LogP) is 4.33. The summed E-state index contributed by atoms with van der Waals surface area (Å²) in [4.78, 5) is 12.3. The highest BCUT2D eigenvalue weighted by atomic mass is 19.1. The molecule has 3 rings (SSSR count). The number of urea groups is 1. The van der Waals surface area contributed by atoms with E-state index in [4.69, 9.17) is 9.47 Å². The first-order valence-corrected chi connectivity index (χ1v) is 8.60. The van der Waals surface area contributed by atoms with Crippen LogP contribution in [0.4, 0.5) is 20.6 Å². The molecule has 2 amide bonds. The third kappa shape index (κ3) is 4.59. The summed E-state index contributed by atoms with van der Waals surface area (Å²) in [6.45, 7) is 3.69. The van der Waals surface area contributed by atoms with Gasteiger partial charge in [0.05, 0.1) is 24.2 Å². The number of aromatic nitrogens is 2. The Kier molecular flexibility index (Phi) is 5.78. The number of benzene rings is 2. The van der Waals surface area contributed by atoms with Crippen molar-refractivity contribution in [2.45, 2.75) is 20.6 Å². The highest BCUT2D eigenvalue weighted by Gasteiger charge is 2.15. The molecule has 0 radical (unpaired) electrons. The van der Waals surface area contributed by atoms with E-state index in [1.165, 1.54) is 12.1 Å². The second-order valence-corrected chi connectivity index (χ2v) is 6.09. The lowest BCUT2D eigenvalue weighted by Crippen LogP contribution is -2.20. The Bertz CT molecular complexity index is 987. The molecule has 2 N–H and O–H groups in total. The zero-order chi connectivity index (χ0) is 20.1.